The van der Waals surface area contributed by atoms with Crippen molar-refractivity contribution in [3.8, 4) is 6.07 Å². The van der Waals surface area contributed by atoms with Gasteiger partial charge in [-0.15, -0.1) is 0 Å². The molecule has 0 amide bonds. The smallest absolute Gasteiger partial charge is 0.103 e. The molecule has 0 aliphatic carbocycles. The Kier molecular flexibility index (Phi) is 5.42. The second kappa shape index (κ2) is 6.37. The fourth-order valence-electron chi connectivity index (χ4n) is 2.73. The standard InChI is InChI=1S/C14H27N3/c1-12-9-13(2)17(10-12)8-6-5-7-14(3,11-15)16-4/h12-13,16H,5-10H2,1-4H3. The van der Waals surface area contributed by atoms with Gasteiger partial charge in [0.05, 0.1) is 6.07 Å². The molecule has 1 aliphatic rings. The van der Waals surface area contributed by atoms with Crippen LogP contribution in [0.5, 0.6) is 0 Å². The largest absolute Gasteiger partial charge is 0.303 e. The number of likely N-dealkylation sites (tertiary alicyclic amines) is 1. The third kappa shape index (κ3) is 4.29. The Labute approximate surface area is 106 Å². The van der Waals surface area contributed by atoms with E-state index in [9.17, 15) is 0 Å². The highest BCUT2D eigenvalue weighted by Gasteiger charge is 2.25. The zero-order valence-electron chi connectivity index (χ0n) is 11.8. The van der Waals surface area contributed by atoms with Crippen molar-refractivity contribution < 1.29 is 0 Å². The summed E-state index contributed by atoms with van der Waals surface area (Å²) in [5.74, 6) is 0.853. The maximum atomic E-state index is 9.05. The predicted octanol–water partition coefficient (Wildman–Crippen LogP) is 2.39. The van der Waals surface area contributed by atoms with E-state index in [1.54, 1.807) is 0 Å². The molecule has 1 heterocycles. The van der Waals surface area contributed by atoms with Crippen LogP contribution in [0, 0.1) is 17.2 Å². The number of nitriles is 1. The molecule has 1 saturated heterocycles. The third-order valence-corrected chi connectivity index (χ3v) is 4.08. The lowest BCUT2D eigenvalue weighted by Gasteiger charge is -2.23. The zero-order chi connectivity index (χ0) is 12.9. The number of nitrogens with zero attached hydrogens (tertiary/aromatic N) is 2. The lowest BCUT2D eigenvalue weighted by Crippen LogP contribution is -2.38. The molecule has 0 aromatic heterocycles. The molecule has 98 valence electrons. The van der Waals surface area contributed by atoms with Crippen molar-refractivity contribution in [2.24, 2.45) is 5.92 Å². The SMILES string of the molecule is CNC(C)(C#N)CCCCN1CC(C)CC1C. The molecule has 0 spiro atoms. The van der Waals surface area contributed by atoms with Crippen LogP contribution in [-0.2, 0) is 0 Å². The molecule has 0 radical (unpaired) electrons. The van der Waals surface area contributed by atoms with Gasteiger partial charge in [0.15, 0.2) is 0 Å². The Morgan fingerprint density at radius 3 is 2.59 bits per heavy atom. The number of nitrogens with one attached hydrogen (secondary N) is 1. The van der Waals surface area contributed by atoms with E-state index in [-0.39, 0.29) is 5.54 Å². The van der Waals surface area contributed by atoms with Crippen molar-refractivity contribution in [3.05, 3.63) is 0 Å². The number of hydrogen-bond donors (Lipinski definition) is 1. The summed E-state index contributed by atoms with van der Waals surface area (Å²) in [4.78, 5) is 2.59. The summed E-state index contributed by atoms with van der Waals surface area (Å²) in [6.07, 6.45) is 4.61. The summed E-state index contributed by atoms with van der Waals surface area (Å²) in [5.41, 5.74) is -0.343. The lowest BCUT2D eigenvalue weighted by atomic mass is 9.97. The normalized spacial score (nSPS) is 28.9. The van der Waals surface area contributed by atoms with Crippen LogP contribution in [-0.4, -0.2) is 36.6 Å². The van der Waals surface area contributed by atoms with Gasteiger partial charge in [0.2, 0.25) is 0 Å². The molecule has 0 saturated carbocycles. The molecule has 3 atom stereocenters. The summed E-state index contributed by atoms with van der Waals surface area (Å²) in [7, 11) is 1.87. The van der Waals surface area contributed by atoms with Crippen molar-refractivity contribution in [1.29, 1.82) is 5.26 Å². The maximum Gasteiger partial charge on any atom is 0.103 e. The number of rotatable bonds is 6. The van der Waals surface area contributed by atoms with Crippen molar-refractivity contribution in [1.82, 2.24) is 10.2 Å². The van der Waals surface area contributed by atoms with E-state index < -0.39 is 0 Å². The number of unbranched alkanes of at least 4 members (excludes halogenated alkanes) is 1. The molecule has 1 aliphatic heterocycles. The molecule has 0 aromatic carbocycles. The van der Waals surface area contributed by atoms with E-state index in [0.29, 0.717) is 0 Å². The van der Waals surface area contributed by atoms with Gasteiger partial charge in [-0.05, 0) is 59.0 Å². The van der Waals surface area contributed by atoms with Crippen LogP contribution in [0.2, 0.25) is 0 Å². The van der Waals surface area contributed by atoms with E-state index in [2.05, 4.69) is 30.1 Å². The molecular weight excluding hydrogens is 210 g/mol. The molecule has 3 nitrogen and oxygen atoms in total. The Balaban J connectivity index is 2.19. The van der Waals surface area contributed by atoms with Crippen LogP contribution in [0.3, 0.4) is 0 Å². The van der Waals surface area contributed by atoms with Gasteiger partial charge >= 0.3 is 0 Å². The van der Waals surface area contributed by atoms with E-state index in [1.165, 1.54) is 25.9 Å². The minimum atomic E-state index is -0.343. The Hall–Kier alpha value is -0.590. The van der Waals surface area contributed by atoms with Crippen LogP contribution in [0.15, 0.2) is 0 Å². The van der Waals surface area contributed by atoms with Gasteiger partial charge in [-0.2, -0.15) is 5.26 Å². The average Bonchev–Trinajstić information content (AvgIpc) is 2.63. The second-order valence-electron chi connectivity index (χ2n) is 5.84. The maximum absolute atomic E-state index is 9.05. The van der Waals surface area contributed by atoms with Crippen LogP contribution >= 0.6 is 0 Å². The highest BCUT2D eigenvalue weighted by molar-refractivity contribution is 5.02. The van der Waals surface area contributed by atoms with E-state index in [1.807, 2.05) is 14.0 Å². The summed E-state index contributed by atoms with van der Waals surface area (Å²) in [6.45, 7) is 9.09. The van der Waals surface area contributed by atoms with Gasteiger partial charge in [-0.3, -0.25) is 0 Å². The summed E-state index contributed by atoms with van der Waals surface area (Å²) >= 11 is 0. The van der Waals surface area contributed by atoms with Crippen molar-refractivity contribution >= 4 is 0 Å². The van der Waals surface area contributed by atoms with Gasteiger partial charge in [0.1, 0.15) is 5.54 Å². The molecular formula is C14H27N3. The van der Waals surface area contributed by atoms with E-state index in [0.717, 1.165) is 24.8 Å². The van der Waals surface area contributed by atoms with Gasteiger partial charge in [-0.1, -0.05) is 6.92 Å². The summed E-state index contributed by atoms with van der Waals surface area (Å²) in [6, 6.07) is 3.09. The first kappa shape index (κ1) is 14.5. The quantitative estimate of drug-likeness (QED) is 0.721. The summed E-state index contributed by atoms with van der Waals surface area (Å²) < 4.78 is 0. The minimum absolute atomic E-state index is 0.343. The van der Waals surface area contributed by atoms with E-state index >= 15 is 0 Å². The second-order valence-corrected chi connectivity index (χ2v) is 5.84. The first-order chi connectivity index (χ1) is 8.00. The third-order valence-electron chi connectivity index (χ3n) is 4.08. The minimum Gasteiger partial charge on any atom is -0.303 e. The predicted molar refractivity (Wildman–Crippen MR) is 71.7 cm³/mol. The average molecular weight is 237 g/mol. The molecule has 17 heavy (non-hydrogen) atoms. The van der Waals surface area contributed by atoms with E-state index in [4.69, 9.17) is 5.26 Å². The highest BCUT2D eigenvalue weighted by Crippen LogP contribution is 2.23. The van der Waals surface area contributed by atoms with Crippen molar-refractivity contribution in [2.75, 3.05) is 20.1 Å². The first-order valence-corrected chi connectivity index (χ1v) is 6.85. The van der Waals surface area contributed by atoms with Gasteiger partial charge < -0.3 is 10.2 Å². The van der Waals surface area contributed by atoms with Crippen molar-refractivity contribution in [3.63, 3.8) is 0 Å². The van der Waals surface area contributed by atoms with Crippen LogP contribution in [0.25, 0.3) is 0 Å². The van der Waals surface area contributed by atoms with Gasteiger partial charge in [-0.25, -0.2) is 0 Å². The molecule has 3 unspecified atom stereocenters. The van der Waals surface area contributed by atoms with Crippen LogP contribution in [0.1, 0.15) is 46.5 Å². The van der Waals surface area contributed by atoms with Gasteiger partial charge in [0.25, 0.3) is 0 Å². The fraction of sp³-hybridized carbons (Fsp3) is 0.929. The highest BCUT2D eigenvalue weighted by atomic mass is 15.2. The summed E-state index contributed by atoms with van der Waals surface area (Å²) in [5, 5.41) is 12.1. The van der Waals surface area contributed by atoms with Gasteiger partial charge in [0, 0.05) is 12.6 Å². The van der Waals surface area contributed by atoms with Crippen LogP contribution in [0.4, 0.5) is 0 Å². The first-order valence-electron chi connectivity index (χ1n) is 6.85. The molecule has 1 fully saturated rings. The molecule has 3 heteroatoms. The van der Waals surface area contributed by atoms with Crippen LogP contribution < -0.4 is 5.32 Å². The van der Waals surface area contributed by atoms with Crippen molar-refractivity contribution in [2.45, 2.75) is 58.0 Å². The molecule has 1 N–H and O–H groups in total. The molecule has 0 bridgehead atoms. The molecule has 1 rings (SSSR count). The monoisotopic (exact) mass is 237 g/mol. The topological polar surface area (TPSA) is 39.1 Å². The Bertz CT molecular complexity index is 271. The molecule has 0 aromatic rings. The Morgan fingerprint density at radius 2 is 2.12 bits per heavy atom. The fourth-order valence-corrected chi connectivity index (χ4v) is 2.73. The number of hydrogen-bond acceptors (Lipinski definition) is 3. The zero-order valence-corrected chi connectivity index (χ0v) is 11.8. The lowest BCUT2D eigenvalue weighted by molar-refractivity contribution is 0.255. The Morgan fingerprint density at radius 1 is 1.41 bits per heavy atom.